The Balaban J connectivity index is 2.29. The zero-order valence-electron chi connectivity index (χ0n) is 12.4. The second-order valence-corrected chi connectivity index (χ2v) is 5.95. The van der Waals surface area contributed by atoms with Crippen LogP contribution >= 0.6 is 15.9 Å². The molecule has 0 aliphatic carbocycles. The molecule has 2 aromatic rings. The minimum Gasteiger partial charge on any atom is -0.306 e. The number of benzene rings is 1. The molecule has 0 saturated heterocycles. The third-order valence-electron chi connectivity index (χ3n) is 3.31. The van der Waals surface area contributed by atoms with Crippen LogP contribution in [0.15, 0.2) is 35.1 Å². The van der Waals surface area contributed by atoms with Crippen molar-refractivity contribution in [2.45, 2.75) is 39.3 Å². The number of hydrogen-bond donors (Lipinski definition) is 1. The molecule has 0 fully saturated rings. The minimum atomic E-state index is -0.239. The summed E-state index contributed by atoms with van der Waals surface area (Å²) in [7, 11) is 0. The van der Waals surface area contributed by atoms with Gasteiger partial charge in [0.15, 0.2) is 0 Å². The van der Waals surface area contributed by atoms with Crippen molar-refractivity contribution in [3.63, 3.8) is 0 Å². The van der Waals surface area contributed by atoms with Crippen LogP contribution in [0.1, 0.15) is 43.9 Å². The molecular weight excluding hydrogens is 333 g/mol. The minimum absolute atomic E-state index is 0.0295. The van der Waals surface area contributed by atoms with Gasteiger partial charge in [0.25, 0.3) is 0 Å². The van der Waals surface area contributed by atoms with E-state index in [-0.39, 0.29) is 11.9 Å². The Morgan fingerprint density at radius 1 is 1.29 bits per heavy atom. The van der Waals surface area contributed by atoms with E-state index in [1.165, 1.54) is 0 Å². The third-order valence-corrected chi connectivity index (χ3v) is 3.96. The van der Waals surface area contributed by atoms with Crippen molar-refractivity contribution in [2.75, 3.05) is 6.54 Å². The molecule has 21 heavy (non-hydrogen) atoms. The van der Waals surface area contributed by atoms with Crippen LogP contribution < -0.4 is 5.32 Å². The highest BCUT2D eigenvalue weighted by Gasteiger charge is 2.16. The van der Waals surface area contributed by atoms with E-state index < -0.39 is 0 Å². The van der Waals surface area contributed by atoms with E-state index in [9.17, 15) is 4.39 Å². The molecule has 1 heterocycles. The van der Waals surface area contributed by atoms with Gasteiger partial charge in [-0.1, -0.05) is 19.9 Å². The molecule has 5 heteroatoms. The van der Waals surface area contributed by atoms with Gasteiger partial charge in [-0.3, -0.25) is 4.68 Å². The summed E-state index contributed by atoms with van der Waals surface area (Å²) in [5, 5.41) is 7.84. The third kappa shape index (κ3) is 4.14. The fraction of sp³-hybridized carbons (Fsp3) is 0.438. The first-order valence-electron chi connectivity index (χ1n) is 7.36. The Hall–Kier alpha value is -1.20. The second kappa shape index (κ2) is 7.71. The van der Waals surface area contributed by atoms with Crippen molar-refractivity contribution in [3.05, 3.63) is 52.0 Å². The summed E-state index contributed by atoms with van der Waals surface area (Å²) in [5.41, 5.74) is 1.99. The summed E-state index contributed by atoms with van der Waals surface area (Å²) in [6, 6.07) is 5.24. The van der Waals surface area contributed by atoms with Crippen molar-refractivity contribution < 1.29 is 4.39 Å². The number of nitrogens with zero attached hydrogens (tertiary/aromatic N) is 2. The van der Waals surface area contributed by atoms with E-state index in [1.807, 2.05) is 23.1 Å². The molecule has 0 bridgehead atoms. The number of rotatable bonds is 7. The summed E-state index contributed by atoms with van der Waals surface area (Å²) in [5.74, 6) is -0.239. The molecule has 1 N–H and O–H groups in total. The molecule has 0 aliphatic rings. The molecule has 3 nitrogen and oxygen atoms in total. The van der Waals surface area contributed by atoms with E-state index in [1.54, 1.807) is 12.1 Å². The van der Waals surface area contributed by atoms with E-state index in [0.717, 1.165) is 37.1 Å². The molecule has 0 radical (unpaired) electrons. The van der Waals surface area contributed by atoms with Crippen LogP contribution in [0.3, 0.4) is 0 Å². The molecule has 1 atom stereocenters. The number of hydrogen-bond acceptors (Lipinski definition) is 2. The maximum Gasteiger partial charge on any atom is 0.137 e. The lowest BCUT2D eigenvalue weighted by Crippen LogP contribution is -2.23. The summed E-state index contributed by atoms with van der Waals surface area (Å²) in [6.45, 7) is 6.02. The van der Waals surface area contributed by atoms with Gasteiger partial charge in [0.1, 0.15) is 5.82 Å². The average Bonchev–Trinajstić information content (AvgIpc) is 2.92. The standard InChI is InChI=1S/C16H21BrFN3/c1-3-7-19-16(12-5-6-14(17)15(18)9-12)13-10-20-21(11-13)8-4-2/h5-6,9-11,16,19H,3-4,7-8H2,1-2H3. The first-order valence-corrected chi connectivity index (χ1v) is 8.15. The Morgan fingerprint density at radius 2 is 2.10 bits per heavy atom. The Bertz CT molecular complexity index is 583. The highest BCUT2D eigenvalue weighted by atomic mass is 79.9. The number of halogens is 2. The lowest BCUT2D eigenvalue weighted by molar-refractivity contribution is 0.579. The van der Waals surface area contributed by atoms with Crippen LogP contribution in [0.2, 0.25) is 0 Å². The molecule has 2 rings (SSSR count). The predicted octanol–water partition coefficient (Wildman–Crippen LogP) is 4.28. The van der Waals surface area contributed by atoms with Crippen LogP contribution in [0, 0.1) is 5.82 Å². The molecular formula is C16H21BrFN3. The van der Waals surface area contributed by atoms with Crippen LogP contribution in [0.4, 0.5) is 4.39 Å². The van der Waals surface area contributed by atoms with Gasteiger partial charge < -0.3 is 5.32 Å². The number of aryl methyl sites for hydroxylation is 1. The lowest BCUT2D eigenvalue weighted by Gasteiger charge is -2.18. The topological polar surface area (TPSA) is 29.9 Å². The molecule has 1 unspecified atom stereocenters. The van der Waals surface area contributed by atoms with Gasteiger partial charge in [-0.25, -0.2) is 4.39 Å². The second-order valence-electron chi connectivity index (χ2n) is 5.10. The molecule has 0 amide bonds. The average molecular weight is 354 g/mol. The van der Waals surface area contributed by atoms with Crippen molar-refractivity contribution in [1.29, 1.82) is 0 Å². The summed E-state index contributed by atoms with van der Waals surface area (Å²) >= 11 is 3.20. The molecule has 0 aliphatic heterocycles. The Morgan fingerprint density at radius 3 is 2.76 bits per heavy atom. The van der Waals surface area contributed by atoms with Crippen molar-refractivity contribution in [1.82, 2.24) is 15.1 Å². The SMILES string of the molecule is CCCNC(c1ccc(Br)c(F)c1)c1cnn(CCC)c1. The van der Waals surface area contributed by atoms with Crippen molar-refractivity contribution >= 4 is 15.9 Å². The van der Waals surface area contributed by atoms with Gasteiger partial charge in [-0.2, -0.15) is 5.10 Å². The van der Waals surface area contributed by atoms with Crippen molar-refractivity contribution in [2.24, 2.45) is 0 Å². The van der Waals surface area contributed by atoms with Crippen LogP contribution in [-0.4, -0.2) is 16.3 Å². The van der Waals surface area contributed by atoms with Gasteiger partial charge in [-0.05, 0) is 53.0 Å². The summed E-state index contributed by atoms with van der Waals surface area (Å²) in [4.78, 5) is 0. The summed E-state index contributed by atoms with van der Waals surface area (Å²) < 4.78 is 16.2. The van der Waals surface area contributed by atoms with E-state index in [4.69, 9.17) is 0 Å². The highest BCUT2D eigenvalue weighted by Crippen LogP contribution is 2.25. The monoisotopic (exact) mass is 353 g/mol. The van der Waals surface area contributed by atoms with Crippen LogP contribution in [-0.2, 0) is 6.54 Å². The van der Waals surface area contributed by atoms with E-state index in [2.05, 4.69) is 40.2 Å². The normalized spacial score (nSPS) is 12.6. The molecule has 1 aromatic carbocycles. The van der Waals surface area contributed by atoms with Gasteiger partial charge in [-0.15, -0.1) is 0 Å². The lowest BCUT2D eigenvalue weighted by atomic mass is 10.0. The van der Waals surface area contributed by atoms with Gasteiger partial charge in [0.2, 0.25) is 0 Å². The molecule has 114 valence electrons. The number of aromatic nitrogens is 2. The van der Waals surface area contributed by atoms with E-state index in [0.29, 0.717) is 4.47 Å². The predicted molar refractivity (Wildman–Crippen MR) is 86.8 cm³/mol. The molecule has 1 aromatic heterocycles. The highest BCUT2D eigenvalue weighted by molar-refractivity contribution is 9.10. The smallest absolute Gasteiger partial charge is 0.137 e. The summed E-state index contributed by atoms with van der Waals surface area (Å²) in [6.07, 6.45) is 5.97. The zero-order valence-corrected chi connectivity index (χ0v) is 14.0. The molecule has 0 saturated carbocycles. The van der Waals surface area contributed by atoms with E-state index >= 15 is 0 Å². The van der Waals surface area contributed by atoms with Crippen LogP contribution in [0.5, 0.6) is 0 Å². The van der Waals surface area contributed by atoms with Gasteiger partial charge >= 0.3 is 0 Å². The largest absolute Gasteiger partial charge is 0.306 e. The maximum atomic E-state index is 13.8. The van der Waals surface area contributed by atoms with Gasteiger partial charge in [0.05, 0.1) is 16.7 Å². The zero-order chi connectivity index (χ0) is 15.2. The van der Waals surface area contributed by atoms with Crippen LogP contribution in [0.25, 0.3) is 0 Å². The fourth-order valence-corrected chi connectivity index (χ4v) is 2.54. The first-order chi connectivity index (χ1) is 10.2. The maximum absolute atomic E-state index is 13.8. The Labute approximate surface area is 133 Å². The van der Waals surface area contributed by atoms with Gasteiger partial charge in [0, 0.05) is 18.3 Å². The fourth-order valence-electron chi connectivity index (χ4n) is 2.29. The first kappa shape index (κ1) is 16.2. The Kier molecular flexibility index (Phi) is 5.94. The quantitative estimate of drug-likeness (QED) is 0.804. The molecule has 0 spiro atoms. The van der Waals surface area contributed by atoms with Crippen molar-refractivity contribution in [3.8, 4) is 0 Å². The number of nitrogens with one attached hydrogen (secondary N) is 1.